The van der Waals surface area contributed by atoms with Crippen molar-refractivity contribution >= 4 is 23.6 Å². The van der Waals surface area contributed by atoms with E-state index in [1.54, 1.807) is 18.3 Å². The monoisotopic (exact) mass is 557 g/mol. The summed E-state index contributed by atoms with van der Waals surface area (Å²) in [6.07, 6.45) is 11.1. The predicted octanol–water partition coefficient (Wildman–Crippen LogP) is 6.54. The van der Waals surface area contributed by atoms with Crippen molar-refractivity contribution in [3.8, 4) is 5.69 Å². The minimum Gasteiger partial charge on any atom is -0.393 e. The Bertz CT molecular complexity index is 1470. The smallest absolute Gasteiger partial charge is 0.146 e. The number of Topliss-reactive ketones (excluding diaryl/α,β-unsaturated/α-hetero) is 1. The first-order valence-corrected chi connectivity index (χ1v) is 15.5. The maximum Gasteiger partial charge on any atom is 0.146 e. The minimum atomic E-state index is -0.439. The number of halogens is 1. The molecule has 0 radical (unpaired) electrons. The summed E-state index contributed by atoms with van der Waals surface area (Å²) in [6, 6.07) is 12.3. The molecule has 7 heteroatoms. The Morgan fingerprint density at radius 1 is 1.15 bits per heavy atom. The molecule has 0 saturated heterocycles. The summed E-state index contributed by atoms with van der Waals surface area (Å²) in [7, 11) is 0. The second-order valence-electron chi connectivity index (χ2n) is 12.9. The van der Waals surface area contributed by atoms with Crippen LogP contribution in [0.2, 0.25) is 0 Å². The number of hydrogen-bond donors (Lipinski definition) is 1. The van der Waals surface area contributed by atoms with E-state index in [-0.39, 0.29) is 28.5 Å². The van der Waals surface area contributed by atoms with Gasteiger partial charge in [-0.2, -0.15) is 5.10 Å². The van der Waals surface area contributed by atoms with Gasteiger partial charge in [0, 0.05) is 12.1 Å². The number of aromatic nitrogens is 3. The number of hydrogen-bond acceptors (Lipinski definition) is 5. The molecule has 4 aliphatic carbocycles. The zero-order chi connectivity index (χ0) is 27.6. The summed E-state index contributed by atoms with van der Waals surface area (Å²) in [5.41, 5.74) is 4.21. The number of aliphatic hydroxyl groups is 1. The van der Waals surface area contributed by atoms with E-state index in [0.29, 0.717) is 29.8 Å². The van der Waals surface area contributed by atoms with Gasteiger partial charge in [0.15, 0.2) is 0 Å². The van der Waals surface area contributed by atoms with Gasteiger partial charge >= 0.3 is 0 Å². The molecular weight excluding hydrogens is 521 g/mol. The lowest BCUT2D eigenvalue weighted by Gasteiger charge is -2.59. The van der Waals surface area contributed by atoms with E-state index in [4.69, 9.17) is 0 Å². The molecule has 7 unspecified atom stereocenters. The molecule has 3 aromatic rings. The van der Waals surface area contributed by atoms with E-state index in [9.17, 15) is 14.3 Å². The molecule has 7 rings (SSSR count). The molecular formula is C33H36FN3O2S. The van der Waals surface area contributed by atoms with Crippen molar-refractivity contribution in [1.82, 2.24) is 14.8 Å². The number of carbonyl (C=O) groups is 1. The van der Waals surface area contributed by atoms with E-state index in [0.717, 1.165) is 48.5 Å². The van der Waals surface area contributed by atoms with Crippen LogP contribution >= 0.6 is 11.8 Å². The molecule has 40 heavy (non-hydrogen) atoms. The molecule has 0 bridgehead atoms. The quantitative estimate of drug-likeness (QED) is 0.361. The number of carbonyl (C=O) groups excluding carboxylic acids is 1. The van der Waals surface area contributed by atoms with Gasteiger partial charge in [-0.25, -0.2) is 14.1 Å². The molecule has 1 N–H and O–H groups in total. The number of fused-ring (bicyclic) bond motifs is 6. The lowest BCUT2D eigenvalue weighted by molar-refractivity contribution is -0.140. The van der Waals surface area contributed by atoms with Gasteiger partial charge in [-0.05, 0) is 115 Å². The Balaban J connectivity index is 1.14. The van der Waals surface area contributed by atoms with Gasteiger partial charge in [0.1, 0.15) is 11.6 Å². The van der Waals surface area contributed by atoms with Crippen LogP contribution in [0.3, 0.4) is 0 Å². The summed E-state index contributed by atoms with van der Waals surface area (Å²) < 4.78 is 15.5. The molecule has 0 aliphatic heterocycles. The molecule has 7 atom stereocenters. The number of allylic oxidation sites excluding steroid dienone is 1. The van der Waals surface area contributed by atoms with Crippen LogP contribution in [-0.4, -0.2) is 37.5 Å². The molecule has 208 valence electrons. The van der Waals surface area contributed by atoms with Crippen molar-refractivity contribution in [2.75, 3.05) is 5.75 Å². The third kappa shape index (κ3) is 4.03. The predicted molar refractivity (Wildman–Crippen MR) is 154 cm³/mol. The summed E-state index contributed by atoms with van der Waals surface area (Å²) >= 11 is 1.53. The Labute approximate surface area is 239 Å². The summed E-state index contributed by atoms with van der Waals surface area (Å²) in [4.78, 5) is 17.9. The van der Waals surface area contributed by atoms with Gasteiger partial charge in [0.25, 0.3) is 0 Å². The van der Waals surface area contributed by atoms with Crippen molar-refractivity contribution in [2.24, 2.45) is 34.5 Å². The van der Waals surface area contributed by atoms with Gasteiger partial charge in [0.05, 0.1) is 34.5 Å². The largest absolute Gasteiger partial charge is 0.393 e. The number of ketones is 1. The molecule has 0 amide bonds. The van der Waals surface area contributed by atoms with Gasteiger partial charge in [-0.15, -0.1) is 0 Å². The minimum absolute atomic E-state index is 0.000886. The van der Waals surface area contributed by atoms with Crippen LogP contribution in [0, 0.1) is 40.3 Å². The maximum absolute atomic E-state index is 13.5. The lowest BCUT2D eigenvalue weighted by Crippen LogP contribution is -2.57. The van der Waals surface area contributed by atoms with Gasteiger partial charge in [-0.3, -0.25) is 4.79 Å². The van der Waals surface area contributed by atoms with E-state index < -0.39 is 6.10 Å². The molecule has 3 fully saturated rings. The van der Waals surface area contributed by atoms with Crippen LogP contribution in [0.25, 0.3) is 11.8 Å². The second-order valence-corrected chi connectivity index (χ2v) is 13.9. The topological polar surface area (TPSA) is 68.0 Å². The van der Waals surface area contributed by atoms with Crippen molar-refractivity contribution in [1.29, 1.82) is 0 Å². The maximum atomic E-state index is 13.5. The standard InChI is InChI=1S/C33H36FN3O2S/c1-32-16-20-18-36-37(23-9-7-22(34)8-10-23)27(20)15-21(32)6-11-24-25-12-13-26(33(25,2)17-28(38)31(24)32)29(39)19-40-30-5-3-4-14-35-30/h3-5,7-10,14-15,18,24-26,28,31,38H,6,11-13,16-17,19H2,1-2H3. The van der Waals surface area contributed by atoms with Gasteiger partial charge in [-0.1, -0.05) is 37.2 Å². The SMILES string of the molecule is CC12Cc3cnn(-c4ccc(F)cc4)c3C=C1CCC1C2C(O)CC2(C)C(C(=O)CSc3ccccn3)CCC12. The molecule has 2 heterocycles. The van der Waals surface area contributed by atoms with Gasteiger partial charge < -0.3 is 5.11 Å². The van der Waals surface area contributed by atoms with E-state index in [1.807, 2.05) is 29.1 Å². The van der Waals surface area contributed by atoms with Gasteiger partial charge in [0.2, 0.25) is 0 Å². The molecule has 2 aromatic heterocycles. The second kappa shape index (κ2) is 9.66. The number of benzene rings is 1. The first kappa shape index (κ1) is 26.1. The Morgan fingerprint density at radius 2 is 1.98 bits per heavy atom. The van der Waals surface area contributed by atoms with Crippen molar-refractivity contribution in [3.05, 3.63) is 77.5 Å². The zero-order valence-electron chi connectivity index (χ0n) is 23.1. The van der Waals surface area contributed by atoms with E-state index in [1.165, 1.54) is 35.0 Å². The highest BCUT2D eigenvalue weighted by Gasteiger charge is 2.63. The number of nitrogens with zero attached hydrogens (tertiary/aromatic N) is 3. The highest BCUT2D eigenvalue weighted by Crippen LogP contribution is 2.66. The fourth-order valence-corrected chi connectivity index (χ4v) is 9.98. The van der Waals surface area contributed by atoms with E-state index in [2.05, 4.69) is 30.0 Å². The first-order valence-electron chi connectivity index (χ1n) is 14.6. The molecule has 0 spiro atoms. The number of thioether (sulfide) groups is 1. The van der Waals surface area contributed by atoms with Crippen molar-refractivity contribution in [2.45, 2.75) is 63.5 Å². The lowest BCUT2D eigenvalue weighted by atomic mass is 9.46. The van der Waals surface area contributed by atoms with Crippen LogP contribution < -0.4 is 0 Å². The number of pyridine rings is 1. The summed E-state index contributed by atoms with van der Waals surface area (Å²) in [5.74, 6) is 1.53. The Hall–Kier alpha value is -2.77. The summed E-state index contributed by atoms with van der Waals surface area (Å²) in [5, 5.41) is 17.4. The molecule has 5 nitrogen and oxygen atoms in total. The Morgan fingerprint density at radius 3 is 2.75 bits per heavy atom. The fraction of sp³-hybridized carbons (Fsp3) is 0.485. The average molecular weight is 558 g/mol. The summed E-state index contributed by atoms with van der Waals surface area (Å²) in [6.45, 7) is 4.64. The third-order valence-corrected chi connectivity index (χ3v) is 11.8. The average Bonchev–Trinajstić information content (AvgIpc) is 3.50. The van der Waals surface area contributed by atoms with Crippen LogP contribution in [0.1, 0.15) is 57.2 Å². The Kier molecular flexibility index (Phi) is 6.31. The van der Waals surface area contributed by atoms with E-state index >= 15 is 0 Å². The highest BCUT2D eigenvalue weighted by atomic mass is 32.2. The fourth-order valence-electron chi connectivity index (χ4n) is 9.18. The number of rotatable bonds is 5. The highest BCUT2D eigenvalue weighted by molar-refractivity contribution is 7.99. The zero-order valence-corrected chi connectivity index (χ0v) is 23.9. The first-order chi connectivity index (χ1) is 19.3. The molecule has 1 aromatic carbocycles. The van der Waals surface area contributed by atoms with Crippen LogP contribution in [0.4, 0.5) is 4.39 Å². The van der Waals surface area contributed by atoms with Crippen molar-refractivity contribution < 1.29 is 14.3 Å². The van der Waals surface area contributed by atoms with Crippen LogP contribution in [0.15, 0.2) is 65.5 Å². The molecule has 3 saturated carbocycles. The molecule has 4 aliphatic rings. The van der Waals surface area contributed by atoms with Crippen molar-refractivity contribution in [3.63, 3.8) is 0 Å². The van der Waals surface area contributed by atoms with Crippen LogP contribution in [-0.2, 0) is 11.2 Å². The third-order valence-electron chi connectivity index (χ3n) is 10.9. The normalized spacial score (nSPS) is 34.3. The van der Waals surface area contributed by atoms with Crippen LogP contribution in [0.5, 0.6) is 0 Å². The number of aliphatic hydroxyl groups excluding tert-OH is 1.